The third kappa shape index (κ3) is 2.95. The van der Waals surface area contributed by atoms with Gasteiger partial charge in [-0.2, -0.15) is 0 Å². The van der Waals surface area contributed by atoms with E-state index in [9.17, 15) is 5.11 Å². The topological polar surface area (TPSA) is 32.7 Å². The van der Waals surface area contributed by atoms with Crippen molar-refractivity contribution in [3.8, 4) is 0 Å². The van der Waals surface area contributed by atoms with Gasteiger partial charge < -0.3 is 9.84 Å². The number of hydrogen-bond donors (Lipinski definition) is 1. The van der Waals surface area contributed by atoms with E-state index in [1.165, 1.54) is 6.42 Å². The number of aliphatic hydroxyl groups is 1. The molecule has 3 nitrogen and oxygen atoms in total. The Bertz CT molecular complexity index is 448. The number of nitrogens with zero attached hydrogens (tertiary/aromatic N) is 1. The molecular formula is C15H20ClNO2. The SMILES string of the molecule is OC(CN1CCOC2(CCC2)C1)c1cccc(Cl)c1. The van der Waals surface area contributed by atoms with Crippen LogP contribution in [0, 0.1) is 0 Å². The Morgan fingerprint density at radius 3 is 2.95 bits per heavy atom. The van der Waals surface area contributed by atoms with Crippen LogP contribution in [0.2, 0.25) is 5.02 Å². The van der Waals surface area contributed by atoms with E-state index < -0.39 is 6.10 Å². The fourth-order valence-corrected chi connectivity index (χ4v) is 3.22. The van der Waals surface area contributed by atoms with Gasteiger partial charge >= 0.3 is 0 Å². The second-order valence-corrected chi connectivity index (χ2v) is 6.13. The molecule has 0 radical (unpaired) electrons. The van der Waals surface area contributed by atoms with E-state index >= 15 is 0 Å². The molecule has 3 rings (SSSR count). The highest BCUT2D eigenvalue weighted by Crippen LogP contribution is 2.38. The molecule has 1 aromatic rings. The summed E-state index contributed by atoms with van der Waals surface area (Å²) in [7, 11) is 0. The van der Waals surface area contributed by atoms with Crippen LogP contribution in [0.4, 0.5) is 0 Å². The number of hydrogen-bond acceptors (Lipinski definition) is 3. The van der Waals surface area contributed by atoms with Crippen LogP contribution in [-0.2, 0) is 4.74 Å². The van der Waals surface area contributed by atoms with E-state index in [2.05, 4.69) is 4.90 Å². The number of morpholine rings is 1. The third-order valence-electron chi connectivity index (χ3n) is 4.26. The van der Waals surface area contributed by atoms with E-state index in [0.717, 1.165) is 38.1 Å². The van der Waals surface area contributed by atoms with Crippen molar-refractivity contribution in [3.63, 3.8) is 0 Å². The molecule has 1 N–H and O–H groups in total. The van der Waals surface area contributed by atoms with E-state index in [-0.39, 0.29) is 5.60 Å². The maximum atomic E-state index is 10.3. The zero-order valence-corrected chi connectivity index (χ0v) is 11.8. The molecular weight excluding hydrogens is 262 g/mol. The molecule has 1 unspecified atom stereocenters. The van der Waals surface area contributed by atoms with Gasteiger partial charge in [0, 0.05) is 24.7 Å². The number of β-amino-alcohol motifs (C(OH)–C–C–N with tert-alkyl or cyclic N) is 1. The van der Waals surface area contributed by atoms with Crippen molar-refractivity contribution in [2.24, 2.45) is 0 Å². The second-order valence-electron chi connectivity index (χ2n) is 5.69. The predicted octanol–water partition coefficient (Wildman–Crippen LogP) is 2.63. The lowest BCUT2D eigenvalue weighted by molar-refractivity contribution is -0.155. The normalized spacial score (nSPS) is 24.1. The molecule has 1 saturated carbocycles. The molecule has 2 fully saturated rings. The Morgan fingerprint density at radius 1 is 1.42 bits per heavy atom. The van der Waals surface area contributed by atoms with Gasteiger partial charge in [0.1, 0.15) is 0 Å². The minimum atomic E-state index is -0.478. The molecule has 1 heterocycles. The van der Waals surface area contributed by atoms with Crippen LogP contribution in [0.15, 0.2) is 24.3 Å². The Balaban J connectivity index is 1.61. The van der Waals surface area contributed by atoms with Crippen LogP contribution in [0.1, 0.15) is 30.9 Å². The molecule has 0 amide bonds. The number of benzene rings is 1. The average Bonchev–Trinajstić information content (AvgIpc) is 2.37. The molecule has 2 aliphatic rings. The van der Waals surface area contributed by atoms with Crippen molar-refractivity contribution in [2.45, 2.75) is 31.0 Å². The summed E-state index contributed by atoms with van der Waals surface area (Å²) in [6.07, 6.45) is 3.12. The van der Waals surface area contributed by atoms with Gasteiger partial charge in [0.05, 0.1) is 18.3 Å². The smallest absolute Gasteiger partial charge is 0.0917 e. The molecule has 104 valence electrons. The highest BCUT2D eigenvalue weighted by molar-refractivity contribution is 6.30. The minimum Gasteiger partial charge on any atom is -0.387 e. The quantitative estimate of drug-likeness (QED) is 0.924. The Kier molecular flexibility index (Phi) is 3.81. The monoisotopic (exact) mass is 281 g/mol. The lowest BCUT2D eigenvalue weighted by Crippen LogP contribution is -2.56. The van der Waals surface area contributed by atoms with Crippen LogP contribution >= 0.6 is 11.6 Å². The fraction of sp³-hybridized carbons (Fsp3) is 0.600. The van der Waals surface area contributed by atoms with Gasteiger partial charge in [-0.3, -0.25) is 4.90 Å². The second kappa shape index (κ2) is 5.41. The summed E-state index contributed by atoms with van der Waals surface area (Å²) in [4.78, 5) is 2.31. The van der Waals surface area contributed by atoms with Crippen LogP contribution in [0.5, 0.6) is 0 Å². The van der Waals surface area contributed by atoms with Gasteiger partial charge in [0.15, 0.2) is 0 Å². The highest BCUT2D eigenvalue weighted by atomic mass is 35.5. The summed E-state index contributed by atoms with van der Waals surface area (Å²) in [5.41, 5.74) is 0.980. The number of halogens is 1. The number of aliphatic hydroxyl groups excluding tert-OH is 1. The molecule has 1 atom stereocenters. The maximum Gasteiger partial charge on any atom is 0.0917 e. The van der Waals surface area contributed by atoms with Gasteiger partial charge in [-0.15, -0.1) is 0 Å². The van der Waals surface area contributed by atoms with Crippen LogP contribution < -0.4 is 0 Å². The molecule has 1 saturated heterocycles. The number of ether oxygens (including phenoxy) is 1. The van der Waals surface area contributed by atoms with Gasteiger partial charge in [-0.1, -0.05) is 23.7 Å². The zero-order chi connectivity index (χ0) is 13.3. The molecule has 0 bridgehead atoms. The predicted molar refractivity (Wildman–Crippen MR) is 75.4 cm³/mol. The fourth-order valence-electron chi connectivity index (χ4n) is 3.02. The zero-order valence-electron chi connectivity index (χ0n) is 11.0. The Labute approximate surface area is 119 Å². The van der Waals surface area contributed by atoms with Crippen molar-refractivity contribution in [3.05, 3.63) is 34.9 Å². The van der Waals surface area contributed by atoms with E-state index in [1.54, 1.807) is 0 Å². The standard InChI is InChI=1S/C15H20ClNO2/c16-13-4-1-3-12(9-13)14(18)10-17-7-8-19-15(11-17)5-2-6-15/h1,3-4,9,14,18H,2,5-8,10-11H2. The molecule has 1 aromatic carbocycles. The van der Waals surface area contributed by atoms with Crippen LogP contribution in [0.25, 0.3) is 0 Å². The first kappa shape index (κ1) is 13.4. The molecule has 1 spiro atoms. The van der Waals surface area contributed by atoms with Crippen LogP contribution in [-0.4, -0.2) is 41.8 Å². The van der Waals surface area contributed by atoms with E-state index in [0.29, 0.717) is 11.6 Å². The van der Waals surface area contributed by atoms with Crippen LogP contribution in [0.3, 0.4) is 0 Å². The number of rotatable bonds is 3. The Morgan fingerprint density at radius 2 is 2.26 bits per heavy atom. The van der Waals surface area contributed by atoms with Crippen molar-refractivity contribution in [2.75, 3.05) is 26.2 Å². The van der Waals surface area contributed by atoms with Gasteiger partial charge in [0.25, 0.3) is 0 Å². The lowest BCUT2D eigenvalue weighted by atomic mass is 9.79. The minimum absolute atomic E-state index is 0.0896. The van der Waals surface area contributed by atoms with Gasteiger partial charge in [0.2, 0.25) is 0 Å². The molecule has 0 aromatic heterocycles. The molecule has 1 aliphatic carbocycles. The highest BCUT2D eigenvalue weighted by Gasteiger charge is 2.42. The van der Waals surface area contributed by atoms with Crippen molar-refractivity contribution < 1.29 is 9.84 Å². The first-order valence-corrected chi connectivity index (χ1v) is 7.35. The summed E-state index contributed by atoms with van der Waals surface area (Å²) in [6.45, 7) is 3.29. The average molecular weight is 282 g/mol. The van der Waals surface area contributed by atoms with E-state index in [1.807, 2.05) is 24.3 Å². The van der Waals surface area contributed by atoms with Crippen molar-refractivity contribution in [1.82, 2.24) is 4.90 Å². The third-order valence-corrected chi connectivity index (χ3v) is 4.49. The van der Waals surface area contributed by atoms with Crippen molar-refractivity contribution in [1.29, 1.82) is 0 Å². The summed E-state index contributed by atoms with van der Waals surface area (Å²) >= 11 is 5.96. The van der Waals surface area contributed by atoms with Gasteiger partial charge in [-0.05, 0) is 37.0 Å². The Hall–Kier alpha value is -0.610. The first-order valence-electron chi connectivity index (χ1n) is 6.97. The molecule has 1 aliphatic heterocycles. The largest absolute Gasteiger partial charge is 0.387 e. The summed E-state index contributed by atoms with van der Waals surface area (Å²) in [6, 6.07) is 7.48. The summed E-state index contributed by atoms with van der Waals surface area (Å²) in [5.74, 6) is 0. The maximum absolute atomic E-state index is 10.3. The summed E-state index contributed by atoms with van der Waals surface area (Å²) in [5, 5.41) is 11.0. The lowest BCUT2D eigenvalue weighted by Gasteiger charge is -2.48. The molecule has 4 heteroatoms. The van der Waals surface area contributed by atoms with E-state index in [4.69, 9.17) is 16.3 Å². The van der Waals surface area contributed by atoms with Crippen molar-refractivity contribution >= 4 is 11.6 Å². The molecule has 19 heavy (non-hydrogen) atoms. The first-order chi connectivity index (χ1) is 9.17. The summed E-state index contributed by atoms with van der Waals surface area (Å²) < 4.78 is 5.89. The van der Waals surface area contributed by atoms with Gasteiger partial charge in [-0.25, -0.2) is 0 Å².